The highest BCUT2D eigenvalue weighted by Crippen LogP contribution is 2.32. The van der Waals surface area contributed by atoms with Crippen LogP contribution in [-0.4, -0.2) is 44.8 Å². The summed E-state index contributed by atoms with van der Waals surface area (Å²) in [5, 5.41) is 6.40. The molecule has 1 aliphatic carbocycles. The standard InChI is InChI=1S/C18H26N4O2.HI/c1-3-24-18(23)21-15(13-8-9-13)12-20-17(19-2)22-11-10-14-6-4-5-7-16(14)22;/h4-7,13,15H,3,8-12H2,1-2H3,(H,19,20)(H,21,23);1H. The number of hydrogen-bond donors (Lipinski definition) is 2. The molecule has 2 aliphatic rings. The van der Waals surface area contributed by atoms with Crippen LogP contribution >= 0.6 is 24.0 Å². The average Bonchev–Trinajstić information content (AvgIpc) is 3.35. The maximum absolute atomic E-state index is 11.7. The Morgan fingerprint density at radius 3 is 2.84 bits per heavy atom. The van der Waals surface area contributed by atoms with Crippen molar-refractivity contribution in [2.75, 3.05) is 31.6 Å². The van der Waals surface area contributed by atoms with Crippen LogP contribution in [0.4, 0.5) is 10.5 Å². The van der Waals surface area contributed by atoms with Gasteiger partial charge in [-0.15, -0.1) is 24.0 Å². The second-order valence-corrected chi connectivity index (χ2v) is 6.27. The largest absolute Gasteiger partial charge is 0.450 e. The van der Waals surface area contributed by atoms with Crippen molar-refractivity contribution in [2.45, 2.75) is 32.2 Å². The maximum atomic E-state index is 11.7. The van der Waals surface area contributed by atoms with Crippen LogP contribution < -0.4 is 15.5 Å². The highest BCUT2D eigenvalue weighted by atomic mass is 127. The lowest BCUT2D eigenvalue weighted by atomic mass is 10.2. The summed E-state index contributed by atoms with van der Waals surface area (Å²) >= 11 is 0. The molecular formula is C18H27IN4O2. The predicted molar refractivity (Wildman–Crippen MR) is 111 cm³/mol. The Hall–Kier alpha value is -1.51. The van der Waals surface area contributed by atoms with E-state index in [4.69, 9.17) is 4.74 Å². The van der Waals surface area contributed by atoms with Gasteiger partial charge in [0.25, 0.3) is 0 Å². The molecule has 6 nitrogen and oxygen atoms in total. The van der Waals surface area contributed by atoms with Crippen LogP contribution in [0.3, 0.4) is 0 Å². The molecule has 1 aromatic carbocycles. The Kier molecular flexibility index (Phi) is 7.34. The lowest BCUT2D eigenvalue weighted by molar-refractivity contribution is 0.146. The monoisotopic (exact) mass is 458 g/mol. The summed E-state index contributed by atoms with van der Waals surface area (Å²) < 4.78 is 5.01. The Bertz CT molecular complexity index is 619. The Balaban J connectivity index is 0.00000225. The zero-order valence-electron chi connectivity index (χ0n) is 14.8. The van der Waals surface area contributed by atoms with Crippen LogP contribution in [0.2, 0.25) is 0 Å². The van der Waals surface area contributed by atoms with E-state index in [1.54, 1.807) is 7.05 Å². The van der Waals surface area contributed by atoms with Crippen molar-refractivity contribution in [2.24, 2.45) is 10.9 Å². The molecule has 3 rings (SSSR count). The first-order chi connectivity index (χ1) is 11.7. The molecule has 0 radical (unpaired) electrons. The number of carbonyl (C=O) groups is 1. The van der Waals surface area contributed by atoms with Gasteiger partial charge in [0.2, 0.25) is 0 Å². The van der Waals surface area contributed by atoms with E-state index in [1.807, 2.05) is 6.92 Å². The second-order valence-electron chi connectivity index (χ2n) is 6.27. The van der Waals surface area contributed by atoms with Crippen molar-refractivity contribution >= 4 is 41.7 Å². The van der Waals surface area contributed by atoms with Crippen molar-refractivity contribution in [3.63, 3.8) is 0 Å². The average molecular weight is 458 g/mol. The SMILES string of the molecule is CCOC(=O)NC(CNC(=NC)N1CCc2ccccc21)C1CC1.I. The third kappa shape index (κ3) is 4.99. The number of aliphatic imine (C=N–C) groups is 1. The number of benzene rings is 1. The van der Waals surface area contributed by atoms with Gasteiger partial charge in [-0.05, 0) is 43.7 Å². The van der Waals surface area contributed by atoms with Crippen molar-refractivity contribution in [1.29, 1.82) is 0 Å². The number of amides is 1. The van der Waals surface area contributed by atoms with Crippen LogP contribution in [0.5, 0.6) is 0 Å². The lowest BCUT2D eigenvalue weighted by Gasteiger charge is -2.25. The number of nitrogens with one attached hydrogen (secondary N) is 2. The minimum absolute atomic E-state index is 0. The fourth-order valence-electron chi connectivity index (χ4n) is 3.21. The molecule has 1 aromatic rings. The van der Waals surface area contributed by atoms with Gasteiger partial charge < -0.3 is 20.3 Å². The van der Waals surface area contributed by atoms with Crippen LogP contribution in [0.25, 0.3) is 0 Å². The number of nitrogens with zero attached hydrogens (tertiary/aromatic N) is 2. The van der Waals surface area contributed by atoms with Crippen LogP contribution in [0, 0.1) is 5.92 Å². The third-order valence-corrected chi connectivity index (χ3v) is 4.60. The summed E-state index contributed by atoms with van der Waals surface area (Å²) in [6, 6.07) is 8.51. The number of para-hydroxylation sites is 1. The van der Waals surface area contributed by atoms with Gasteiger partial charge in [0.1, 0.15) is 0 Å². The second kappa shape index (κ2) is 9.26. The Morgan fingerprint density at radius 2 is 2.16 bits per heavy atom. The molecule has 0 saturated heterocycles. The molecule has 1 amide bonds. The Labute approximate surface area is 166 Å². The summed E-state index contributed by atoms with van der Waals surface area (Å²) in [6.07, 6.45) is 3.01. The molecule has 1 saturated carbocycles. The number of rotatable bonds is 5. The number of anilines is 1. The summed E-state index contributed by atoms with van der Waals surface area (Å²) in [4.78, 5) is 18.4. The summed E-state index contributed by atoms with van der Waals surface area (Å²) in [7, 11) is 1.80. The molecule has 138 valence electrons. The smallest absolute Gasteiger partial charge is 0.407 e. The van der Waals surface area contributed by atoms with E-state index in [0.29, 0.717) is 19.1 Å². The number of halogens is 1. The molecule has 1 unspecified atom stereocenters. The van der Waals surface area contributed by atoms with Crippen molar-refractivity contribution in [3.05, 3.63) is 29.8 Å². The molecule has 1 atom stereocenters. The normalized spacial score (nSPS) is 17.4. The quantitative estimate of drug-likeness (QED) is 0.405. The van der Waals surface area contributed by atoms with Crippen LogP contribution in [0.1, 0.15) is 25.3 Å². The number of fused-ring (bicyclic) bond motifs is 1. The van der Waals surface area contributed by atoms with E-state index >= 15 is 0 Å². The van der Waals surface area contributed by atoms with Gasteiger partial charge in [0.15, 0.2) is 5.96 Å². The number of alkyl carbamates (subject to hydrolysis) is 1. The van der Waals surface area contributed by atoms with Gasteiger partial charge in [-0.1, -0.05) is 18.2 Å². The van der Waals surface area contributed by atoms with E-state index in [2.05, 4.69) is 44.8 Å². The number of guanidine groups is 1. The minimum atomic E-state index is -0.335. The van der Waals surface area contributed by atoms with Crippen LogP contribution in [0.15, 0.2) is 29.3 Å². The Morgan fingerprint density at radius 1 is 1.40 bits per heavy atom. The van der Waals surface area contributed by atoms with E-state index < -0.39 is 0 Å². The van der Waals surface area contributed by atoms with Crippen LogP contribution in [-0.2, 0) is 11.2 Å². The highest BCUT2D eigenvalue weighted by Gasteiger charge is 2.33. The fraction of sp³-hybridized carbons (Fsp3) is 0.556. The molecule has 0 bridgehead atoms. The zero-order valence-corrected chi connectivity index (χ0v) is 17.2. The van der Waals surface area contributed by atoms with E-state index in [-0.39, 0.29) is 36.1 Å². The molecule has 1 aliphatic heterocycles. The maximum Gasteiger partial charge on any atom is 0.407 e. The summed E-state index contributed by atoms with van der Waals surface area (Å²) in [6.45, 7) is 3.80. The van der Waals surface area contributed by atoms with E-state index in [1.165, 1.54) is 11.3 Å². The number of carbonyl (C=O) groups excluding carboxylic acids is 1. The third-order valence-electron chi connectivity index (χ3n) is 4.60. The van der Waals surface area contributed by atoms with E-state index in [9.17, 15) is 4.79 Å². The summed E-state index contributed by atoms with van der Waals surface area (Å²) in [5.74, 6) is 1.39. The zero-order chi connectivity index (χ0) is 16.9. The fourth-order valence-corrected chi connectivity index (χ4v) is 3.21. The van der Waals surface area contributed by atoms with Gasteiger partial charge in [0, 0.05) is 25.8 Å². The summed E-state index contributed by atoms with van der Waals surface area (Å²) in [5.41, 5.74) is 2.57. The molecule has 7 heteroatoms. The van der Waals surface area contributed by atoms with Crippen molar-refractivity contribution in [3.8, 4) is 0 Å². The van der Waals surface area contributed by atoms with E-state index in [0.717, 1.165) is 31.8 Å². The lowest BCUT2D eigenvalue weighted by Crippen LogP contribution is -2.49. The van der Waals surface area contributed by atoms with Gasteiger partial charge in [-0.3, -0.25) is 4.99 Å². The first-order valence-electron chi connectivity index (χ1n) is 8.72. The first-order valence-corrected chi connectivity index (χ1v) is 8.72. The number of hydrogen-bond acceptors (Lipinski definition) is 3. The van der Waals surface area contributed by atoms with Crippen molar-refractivity contribution < 1.29 is 9.53 Å². The molecule has 25 heavy (non-hydrogen) atoms. The molecular weight excluding hydrogens is 431 g/mol. The topological polar surface area (TPSA) is 66.0 Å². The van der Waals surface area contributed by atoms with Gasteiger partial charge >= 0.3 is 6.09 Å². The predicted octanol–water partition coefficient (Wildman–Crippen LogP) is 2.77. The highest BCUT2D eigenvalue weighted by molar-refractivity contribution is 14.0. The minimum Gasteiger partial charge on any atom is -0.450 e. The van der Waals surface area contributed by atoms with Gasteiger partial charge in [-0.25, -0.2) is 4.79 Å². The van der Waals surface area contributed by atoms with Gasteiger partial charge in [0.05, 0.1) is 12.6 Å². The molecule has 1 fully saturated rings. The van der Waals surface area contributed by atoms with Gasteiger partial charge in [-0.2, -0.15) is 0 Å². The molecule has 1 heterocycles. The number of ether oxygens (including phenoxy) is 1. The molecule has 0 aromatic heterocycles. The molecule has 0 spiro atoms. The first kappa shape index (κ1) is 19.8. The van der Waals surface area contributed by atoms with Crippen molar-refractivity contribution in [1.82, 2.24) is 10.6 Å². The molecule has 2 N–H and O–H groups in total.